The fourth-order valence-corrected chi connectivity index (χ4v) is 3.81. The summed E-state index contributed by atoms with van der Waals surface area (Å²) in [7, 11) is 0. The van der Waals surface area contributed by atoms with Crippen LogP contribution in [0, 0.1) is 32.1 Å². The number of hydrogen-bond donors (Lipinski definition) is 2. The molecular formula is C24H20BrN3O3. The molecule has 0 atom stereocenters. The van der Waals surface area contributed by atoms with Gasteiger partial charge in [-0.25, -0.2) is 4.79 Å². The summed E-state index contributed by atoms with van der Waals surface area (Å²) in [5.41, 5.74) is 4.92. The average Bonchev–Trinajstić information content (AvgIpc) is 2.99. The van der Waals surface area contributed by atoms with Crippen LogP contribution < -0.4 is 5.32 Å². The average molecular weight is 478 g/mol. The Morgan fingerprint density at radius 1 is 1.13 bits per heavy atom. The lowest BCUT2D eigenvalue weighted by Crippen LogP contribution is -2.13. The summed E-state index contributed by atoms with van der Waals surface area (Å²) >= 11 is 3.35. The molecule has 156 valence electrons. The number of aromatic carboxylic acids is 1. The number of amides is 1. The molecule has 0 aliphatic carbocycles. The summed E-state index contributed by atoms with van der Waals surface area (Å²) in [5, 5.41) is 21.5. The molecule has 2 aromatic carbocycles. The van der Waals surface area contributed by atoms with Gasteiger partial charge < -0.3 is 15.0 Å². The minimum Gasteiger partial charge on any atom is -0.478 e. The Hall–Kier alpha value is -3.63. The molecule has 0 spiro atoms. The van der Waals surface area contributed by atoms with Crippen molar-refractivity contribution in [3.63, 3.8) is 0 Å². The minimum atomic E-state index is -0.977. The van der Waals surface area contributed by atoms with Crippen molar-refractivity contribution in [3.8, 4) is 11.8 Å². The molecule has 3 rings (SSSR count). The second-order valence-electron chi connectivity index (χ2n) is 7.10. The van der Waals surface area contributed by atoms with Gasteiger partial charge in [-0.15, -0.1) is 0 Å². The maximum absolute atomic E-state index is 12.6. The van der Waals surface area contributed by atoms with Crippen molar-refractivity contribution < 1.29 is 14.7 Å². The van der Waals surface area contributed by atoms with Gasteiger partial charge in [-0.2, -0.15) is 5.26 Å². The van der Waals surface area contributed by atoms with Gasteiger partial charge in [0.05, 0.1) is 5.56 Å². The molecule has 0 aliphatic heterocycles. The van der Waals surface area contributed by atoms with Crippen molar-refractivity contribution in [2.45, 2.75) is 20.8 Å². The van der Waals surface area contributed by atoms with Gasteiger partial charge in [-0.05, 0) is 80.4 Å². The highest BCUT2D eigenvalue weighted by molar-refractivity contribution is 9.10. The first-order chi connectivity index (χ1) is 14.7. The molecule has 3 aromatic rings. The molecule has 1 amide bonds. The summed E-state index contributed by atoms with van der Waals surface area (Å²) < 4.78 is 2.80. The van der Waals surface area contributed by atoms with Crippen LogP contribution in [0.1, 0.15) is 32.9 Å². The molecule has 0 saturated carbocycles. The molecule has 1 heterocycles. The number of anilines is 1. The van der Waals surface area contributed by atoms with Crippen LogP contribution in [-0.2, 0) is 4.79 Å². The van der Waals surface area contributed by atoms with Crippen LogP contribution in [0.4, 0.5) is 5.69 Å². The monoisotopic (exact) mass is 477 g/mol. The highest BCUT2D eigenvalue weighted by Gasteiger charge is 2.16. The van der Waals surface area contributed by atoms with E-state index in [1.807, 2.05) is 43.5 Å². The third-order valence-electron chi connectivity index (χ3n) is 4.90. The number of carbonyl (C=O) groups excluding carboxylic acids is 1. The summed E-state index contributed by atoms with van der Waals surface area (Å²) in [4.78, 5) is 23.8. The number of carbonyl (C=O) groups is 2. The van der Waals surface area contributed by atoms with Crippen molar-refractivity contribution in [1.29, 1.82) is 5.26 Å². The predicted octanol–water partition coefficient (Wildman–Crippen LogP) is 5.41. The number of halogens is 1. The molecule has 0 radical (unpaired) electrons. The fourth-order valence-electron chi connectivity index (χ4n) is 3.41. The van der Waals surface area contributed by atoms with E-state index in [1.165, 1.54) is 0 Å². The lowest BCUT2D eigenvalue weighted by atomic mass is 10.1. The quantitative estimate of drug-likeness (QED) is 0.379. The third kappa shape index (κ3) is 4.76. The number of carboxylic acids is 1. The van der Waals surface area contributed by atoms with Crippen molar-refractivity contribution >= 4 is 39.6 Å². The van der Waals surface area contributed by atoms with Gasteiger partial charge in [0, 0.05) is 27.2 Å². The summed E-state index contributed by atoms with van der Waals surface area (Å²) in [6.45, 7) is 5.66. The number of rotatable bonds is 5. The smallest absolute Gasteiger partial charge is 0.335 e. The van der Waals surface area contributed by atoms with Gasteiger partial charge in [0.25, 0.3) is 5.91 Å². The van der Waals surface area contributed by atoms with Gasteiger partial charge >= 0.3 is 5.97 Å². The molecule has 0 bridgehead atoms. The van der Waals surface area contributed by atoms with Crippen molar-refractivity contribution in [3.05, 3.63) is 86.7 Å². The first kappa shape index (κ1) is 22.1. The van der Waals surface area contributed by atoms with Crippen LogP contribution >= 0.6 is 15.9 Å². The molecule has 0 aliphatic rings. The number of benzene rings is 2. The Morgan fingerprint density at radius 3 is 2.48 bits per heavy atom. The first-order valence-electron chi connectivity index (χ1n) is 9.43. The fraction of sp³-hybridized carbons (Fsp3) is 0.125. The summed E-state index contributed by atoms with van der Waals surface area (Å²) in [6, 6.07) is 15.9. The number of aromatic nitrogens is 1. The van der Waals surface area contributed by atoms with E-state index in [9.17, 15) is 20.0 Å². The Kier molecular flexibility index (Phi) is 6.42. The van der Waals surface area contributed by atoms with E-state index in [2.05, 4.69) is 21.2 Å². The van der Waals surface area contributed by atoms with Crippen LogP contribution in [-0.4, -0.2) is 21.6 Å². The topological polar surface area (TPSA) is 95.1 Å². The zero-order chi connectivity index (χ0) is 22.7. The van der Waals surface area contributed by atoms with Crippen LogP contribution in [0.5, 0.6) is 0 Å². The van der Waals surface area contributed by atoms with E-state index in [-0.39, 0.29) is 11.1 Å². The molecule has 0 saturated heterocycles. The lowest BCUT2D eigenvalue weighted by Gasteiger charge is -2.13. The molecule has 2 N–H and O–H groups in total. The molecule has 0 unspecified atom stereocenters. The van der Waals surface area contributed by atoms with Crippen LogP contribution in [0.15, 0.2) is 58.6 Å². The van der Waals surface area contributed by atoms with Crippen LogP contribution in [0.3, 0.4) is 0 Å². The second-order valence-corrected chi connectivity index (χ2v) is 8.02. The van der Waals surface area contributed by atoms with Gasteiger partial charge in [0.15, 0.2) is 0 Å². The standard InChI is InChI=1S/C24H20BrN3O3/c1-14-9-17(24(30)31)7-8-22(14)28-15(2)10-18(16(28)3)11-19(13-26)23(29)27-21-6-4-5-20(25)12-21/h4-12H,1-3H3,(H,27,29)(H,30,31)/b19-11-. The van der Waals surface area contributed by atoms with Gasteiger partial charge in [0.2, 0.25) is 0 Å². The zero-order valence-corrected chi connectivity index (χ0v) is 18.8. The highest BCUT2D eigenvalue weighted by atomic mass is 79.9. The number of nitrogens with zero attached hydrogens (tertiary/aromatic N) is 2. The Morgan fingerprint density at radius 2 is 1.87 bits per heavy atom. The van der Waals surface area contributed by atoms with Gasteiger partial charge in [-0.3, -0.25) is 4.79 Å². The van der Waals surface area contributed by atoms with Crippen LogP contribution in [0.25, 0.3) is 11.8 Å². The van der Waals surface area contributed by atoms with Gasteiger partial charge in [-0.1, -0.05) is 22.0 Å². The van der Waals surface area contributed by atoms with E-state index in [1.54, 1.807) is 42.5 Å². The van der Waals surface area contributed by atoms with E-state index in [0.717, 1.165) is 32.7 Å². The van der Waals surface area contributed by atoms with E-state index in [4.69, 9.17) is 0 Å². The van der Waals surface area contributed by atoms with E-state index in [0.29, 0.717) is 5.69 Å². The number of hydrogen-bond acceptors (Lipinski definition) is 3. The number of nitrogens with one attached hydrogen (secondary N) is 1. The maximum Gasteiger partial charge on any atom is 0.335 e. The lowest BCUT2D eigenvalue weighted by molar-refractivity contribution is -0.112. The predicted molar refractivity (Wildman–Crippen MR) is 123 cm³/mol. The largest absolute Gasteiger partial charge is 0.478 e. The number of carboxylic acid groups (broad SMARTS) is 1. The number of nitriles is 1. The maximum atomic E-state index is 12.6. The Bertz CT molecular complexity index is 1270. The summed E-state index contributed by atoms with van der Waals surface area (Å²) in [6.07, 6.45) is 1.56. The Balaban J connectivity index is 1.97. The first-order valence-corrected chi connectivity index (χ1v) is 10.2. The molecule has 1 aromatic heterocycles. The molecule has 31 heavy (non-hydrogen) atoms. The minimum absolute atomic E-state index is 0.0156. The van der Waals surface area contributed by atoms with Crippen LogP contribution in [0.2, 0.25) is 0 Å². The SMILES string of the molecule is Cc1cc(C(=O)O)ccc1-n1c(C)cc(/C=C(/C#N)C(=O)Nc2cccc(Br)c2)c1C. The second kappa shape index (κ2) is 9.02. The van der Waals surface area contributed by atoms with Crippen molar-refractivity contribution in [2.75, 3.05) is 5.32 Å². The zero-order valence-electron chi connectivity index (χ0n) is 17.2. The van der Waals surface area contributed by atoms with E-state index < -0.39 is 11.9 Å². The molecule has 6 nitrogen and oxygen atoms in total. The van der Waals surface area contributed by atoms with Gasteiger partial charge in [0.1, 0.15) is 11.6 Å². The van der Waals surface area contributed by atoms with Crippen molar-refractivity contribution in [1.82, 2.24) is 4.57 Å². The normalized spacial score (nSPS) is 11.1. The Labute approximate surface area is 188 Å². The third-order valence-corrected chi connectivity index (χ3v) is 5.40. The van der Waals surface area contributed by atoms with Crippen molar-refractivity contribution in [2.24, 2.45) is 0 Å². The molecule has 7 heteroatoms. The summed E-state index contributed by atoms with van der Waals surface area (Å²) in [5.74, 6) is -1.47. The molecule has 0 fully saturated rings. The highest BCUT2D eigenvalue weighted by Crippen LogP contribution is 2.26. The van der Waals surface area contributed by atoms with E-state index >= 15 is 0 Å². The molecular weight excluding hydrogens is 458 g/mol. The number of aryl methyl sites for hydroxylation is 2.